The first-order valence-electron chi connectivity index (χ1n) is 7.49. The lowest BCUT2D eigenvalue weighted by Crippen LogP contribution is -2.11. The molecule has 128 valence electrons. The maximum Gasteiger partial charge on any atom is 0.224 e. The van der Waals surface area contributed by atoms with Gasteiger partial charge in [-0.2, -0.15) is 0 Å². The minimum absolute atomic E-state index is 0.241. The van der Waals surface area contributed by atoms with E-state index in [1.165, 1.54) is 6.07 Å². The number of halogens is 2. The molecular formula is C18H19F2NO3. The Labute approximate surface area is 139 Å². The Morgan fingerprint density at radius 3 is 2.42 bits per heavy atom. The van der Waals surface area contributed by atoms with Crippen molar-refractivity contribution in [2.45, 2.75) is 19.3 Å². The maximum atomic E-state index is 13.1. The first kappa shape index (κ1) is 17.7. The van der Waals surface area contributed by atoms with E-state index in [4.69, 9.17) is 9.47 Å². The van der Waals surface area contributed by atoms with Gasteiger partial charge < -0.3 is 14.8 Å². The summed E-state index contributed by atoms with van der Waals surface area (Å²) in [5.41, 5.74) is 1.26. The number of ether oxygens (including phenoxy) is 2. The summed E-state index contributed by atoms with van der Waals surface area (Å²) in [5.74, 6) is -0.889. The molecule has 0 aliphatic heterocycles. The largest absolute Gasteiger partial charge is 0.493 e. The summed E-state index contributed by atoms with van der Waals surface area (Å²) in [4.78, 5) is 11.9. The third-order valence-corrected chi connectivity index (χ3v) is 3.52. The Bertz CT molecular complexity index is 719. The molecule has 0 aliphatic carbocycles. The monoisotopic (exact) mass is 335 g/mol. The van der Waals surface area contributed by atoms with Gasteiger partial charge in [-0.05, 0) is 42.7 Å². The van der Waals surface area contributed by atoms with Crippen molar-refractivity contribution >= 4 is 11.6 Å². The van der Waals surface area contributed by atoms with Crippen LogP contribution in [0.4, 0.5) is 14.5 Å². The first-order valence-corrected chi connectivity index (χ1v) is 7.49. The minimum Gasteiger partial charge on any atom is -0.493 e. The highest BCUT2D eigenvalue weighted by molar-refractivity contribution is 5.90. The Morgan fingerprint density at radius 1 is 1.00 bits per heavy atom. The number of rotatable bonds is 7. The molecule has 0 fully saturated rings. The van der Waals surface area contributed by atoms with Gasteiger partial charge in [0.25, 0.3) is 0 Å². The lowest BCUT2D eigenvalue weighted by atomic mass is 10.1. The van der Waals surface area contributed by atoms with Crippen molar-refractivity contribution in [3.63, 3.8) is 0 Å². The van der Waals surface area contributed by atoms with Crippen LogP contribution in [0.5, 0.6) is 11.5 Å². The summed E-state index contributed by atoms with van der Waals surface area (Å²) in [6.45, 7) is 0. The molecule has 6 heteroatoms. The summed E-state index contributed by atoms with van der Waals surface area (Å²) in [6.07, 6.45) is 1.57. The summed E-state index contributed by atoms with van der Waals surface area (Å²) in [5, 5.41) is 2.55. The molecule has 0 spiro atoms. The number of amides is 1. The van der Waals surface area contributed by atoms with E-state index in [0.717, 1.165) is 17.7 Å². The van der Waals surface area contributed by atoms with Gasteiger partial charge in [0.2, 0.25) is 5.91 Å². The van der Waals surface area contributed by atoms with Crippen LogP contribution in [0.15, 0.2) is 36.4 Å². The molecule has 0 saturated heterocycles. The lowest BCUT2D eigenvalue weighted by Gasteiger charge is -2.09. The summed E-state index contributed by atoms with van der Waals surface area (Å²) >= 11 is 0. The molecule has 0 heterocycles. The van der Waals surface area contributed by atoms with Crippen molar-refractivity contribution in [2.24, 2.45) is 0 Å². The minimum atomic E-state index is -0.988. The van der Waals surface area contributed by atoms with Crippen LogP contribution >= 0.6 is 0 Å². The zero-order valence-electron chi connectivity index (χ0n) is 13.6. The van der Waals surface area contributed by atoms with E-state index in [2.05, 4.69) is 5.32 Å². The fourth-order valence-corrected chi connectivity index (χ4v) is 2.29. The van der Waals surface area contributed by atoms with E-state index in [1.54, 1.807) is 14.2 Å². The van der Waals surface area contributed by atoms with Crippen LogP contribution in [0.2, 0.25) is 0 Å². The van der Waals surface area contributed by atoms with Crippen LogP contribution in [0.25, 0.3) is 0 Å². The Hall–Kier alpha value is -2.63. The maximum absolute atomic E-state index is 13.1. The van der Waals surface area contributed by atoms with E-state index in [1.807, 2.05) is 18.2 Å². The van der Waals surface area contributed by atoms with Crippen molar-refractivity contribution in [1.29, 1.82) is 0 Å². The second-order valence-corrected chi connectivity index (χ2v) is 5.22. The van der Waals surface area contributed by atoms with Crippen molar-refractivity contribution in [3.8, 4) is 11.5 Å². The quantitative estimate of drug-likeness (QED) is 0.833. The first-order chi connectivity index (χ1) is 11.5. The third kappa shape index (κ3) is 4.68. The van der Waals surface area contributed by atoms with Crippen LogP contribution in [-0.2, 0) is 11.2 Å². The zero-order chi connectivity index (χ0) is 17.5. The van der Waals surface area contributed by atoms with Crippen molar-refractivity contribution < 1.29 is 23.0 Å². The van der Waals surface area contributed by atoms with Gasteiger partial charge in [-0.25, -0.2) is 8.78 Å². The van der Waals surface area contributed by atoms with Crippen LogP contribution < -0.4 is 14.8 Å². The molecule has 0 saturated carbocycles. The Kier molecular flexibility index (Phi) is 6.12. The fraction of sp³-hybridized carbons (Fsp3) is 0.278. The molecule has 4 nitrogen and oxygen atoms in total. The summed E-state index contributed by atoms with van der Waals surface area (Å²) in [7, 11) is 3.14. The Morgan fingerprint density at radius 2 is 1.75 bits per heavy atom. The Balaban J connectivity index is 1.85. The highest BCUT2D eigenvalue weighted by Crippen LogP contribution is 2.28. The van der Waals surface area contributed by atoms with E-state index in [9.17, 15) is 13.6 Å². The molecule has 0 aromatic heterocycles. The van der Waals surface area contributed by atoms with E-state index in [-0.39, 0.29) is 18.0 Å². The number of hydrogen-bond acceptors (Lipinski definition) is 3. The molecule has 0 atom stereocenters. The molecule has 0 aliphatic rings. The fourth-order valence-electron chi connectivity index (χ4n) is 2.29. The number of benzene rings is 2. The van der Waals surface area contributed by atoms with E-state index >= 15 is 0 Å². The third-order valence-electron chi connectivity index (χ3n) is 3.52. The standard InChI is InChI=1S/C18H19F2NO3/c1-23-16-9-6-12(10-17(16)24-2)4-3-5-18(22)21-13-7-8-14(19)15(20)11-13/h6-11H,3-5H2,1-2H3,(H,21,22). The van der Waals surface area contributed by atoms with Crippen molar-refractivity contribution in [2.75, 3.05) is 19.5 Å². The number of carbonyl (C=O) groups excluding carboxylic acids is 1. The van der Waals surface area contributed by atoms with Crippen LogP contribution in [0.3, 0.4) is 0 Å². The molecular weight excluding hydrogens is 316 g/mol. The number of nitrogens with one attached hydrogen (secondary N) is 1. The van der Waals surface area contributed by atoms with Crippen LogP contribution in [0.1, 0.15) is 18.4 Å². The molecule has 2 aromatic rings. The van der Waals surface area contributed by atoms with Gasteiger partial charge in [-0.15, -0.1) is 0 Å². The molecule has 2 rings (SSSR count). The average Bonchev–Trinajstić information content (AvgIpc) is 2.58. The molecule has 2 aromatic carbocycles. The number of carbonyl (C=O) groups is 1. The smallest absolute Gasteiger partial charge is 0.224 e. The van der Waals surface area contributed by atoms with E-state index in [0.29, 0.717) is 24.3 Å². The predicted octanol–water partition coefficient (Wildman–Crippen LogP) is 3.94. The second-order valence-electron chi connectivity index (χ2n) is 5.22. The molecule has 1 amide bonds. The molecule has 0 bridgehead atoms. The molecule has 24 heavy (non-hydrogen) atoms. The normalized spacial score (nSPS) is 10.3. The predicted molar refractivity (Wildman–Crippen MR) is 87.5 cm³/mol. The topological polar surface area (TPSA) is 47.6 Å². The molecule has 0 radical (unpaired) electrons. The highest BCUT2D eigenvalue weighted by Gasteiger charge is 2.08. The average molecular weight is 335 g/mol. The van der Waals surface area contributed by atoms with Gasteiger partial charge in [0.05, 0.1) is 14.2 Å². The van der Waals surface area contributed by atoms with Crippen LogP contribution in [-0.4, -0.2) is 20.1 Å². The SMILES string of the molecule is COc1ccc(CCCC(=O)Nc2ccc(F)c(F)c2)cc1OC. The summed E-state index contributed by atoms with van der Waals surface area (Å²) in [6, 6.07) is 8.86. The van der Waals surface area contributed by atoms with Gasteiger partial charge in [0, 0.05) is 18.2 Å². The zero-order valence-corrected chi connectivity index (χ0v) is 13.6. The van der Waals surface area contributed by atoms with Gasteiger partial charge in [-0.3, -0.25) is 4.79 Å². The highest BCUT2D eigenvalue weighted by atomic mass is 19.2. The van der Waals surface area contributed by atoms with Crippen molar-refractivity contribution in [3.05, 3.63) is 53.6 Å². The second kappa shape index (κ2) is 8.29. The number of anilines is 1. The van der Waals surface area contributed by atoms with Gasteiger partial charge >= 0.3 is 0 Å². The summed E-state index contributed by atoms with van der Waals surface area (Å²) < 4.78 is 36.3. The van der Waals surface area contributed by atoms with Crippen LogP contribution in [0, 0.1) is 11.6 Å². The lowest BCUT2D eigenvalue weighted by molar-refractivity contribution is -0.116. The number of methoxy groups -OCH3 is 2. The number of aryl methyl sites for hydroxylation is 1. The van der Waals surface area contributed by atoms with E-state index < -0.39 is 11.6 Å². The van der Waals surface area contributed by atoms with Gasteiger partial charge in [0.15, 0.2) is 23.1 Å². The molecule has 0 unspecified atom stereocenters. The van der Waals surface area contributed by atoms with Gasteiger partial charge in [0.1, 0.15) is 0 Å². The number of hydrogen-bond donors (Lipinski definition) is 1. The van der Waals surface area contributed by atoms with Gasteiger partial charge in [-0.1, -0.05) is 6.07 Å². The molecule has 1 N–H and O–H groups in total. The van der Waals surface area contributed by atoms with Crippen molar-refractivity contribution in [1.82, 2.24) is 0 Å².